The lowest BCUT2D eigenvalue weighted by atomic mass is 10.0. The van der Waals surface area contributed by atoms with E-state index in [2.05, 4.69) is 4.98 Å². The van der Waals surface area contributed by atoms with E-state index in [9.17, 15) is 4.79 Å². The first-order valence-electron chi connectivity index (χ1n) is 4.51. The van der Waals surface area contributed by atoms with E-state index in [1.165, 1.54) is 0 Å². The Kier molecular flexibility index (Phi) is 3.19. The summed E-state index contributed by atoms with van der Waals surface area (Å²) in [6.45, 7) is 3.66. The van der Waals surface area contributed by atoms with Crippen molar-refractivity contribution in [2.45, 2.75) is 26.3 Å². The van der Waals surface area contributed by atoms with Gasteiger partial charge in [-0.3, -0.25) is 4.79 Å². The molecule has 1 aromatic heterocycles. The lowest BCUT2D eigenvalue weighted by molar-refractivity contribution is 0.0977. The highest BCUT2D eigenvalue weighted by molar-refractivity contribution is 6.00. The lowest BCUT2D eigenvalue weighted by Crippen LogP contribution is -2.20. The standard InChI is InChI=1S/C10H15N3O/c1-6-3-8(10(12)13-5-6)9(14)4-7(2)11/h3,5,7H,4,11H2,1-2H3,(H2,12,13). The van der Waals surface area contributed by atoms with Crippen molar-refractivity contribution in [3.05, 3.63) is 23.4 Å². The van der Waals surface area contributed by atoms with Crippen LogP contribution in [0, 0.1) is 6.92 Å². The minimum Gasteiger partial charge on any atom is -0.383 e. The van der Waals surface area contributed by atoms with Crippen LogP contribution in [0.4, 0.5) is 5.82 Å². The largest absolute Gasteiger partial charge is 0.383 e. The van der Waals surface area contributed by atoms with Crippen molar-refractivity contribution in [1.82, 2.24) is 4.98 Å². The molecule has 0 fully saturated rings. The van der Waals surface area contributed by atoms with Crippen LogP contribution in [0.25, 0.3) is 0 Å². The van der Waals surface area contributed by atoms with Gasteiger partial charge in [0.15, 0.2) is 5.78 Å². The van der Waals surface area contributed by atoms with E-state index >= 15 is 0 Å². The number of nitrogens with zero attached hydrogens (tertiary/aromatic N) is 1. The molecule has 1 aromatic rings. The van der Waals surface area contributed by atoms with Crippen molar-refractivity contribution >= 4 is 11.6 Å². The molecule has 0 saturated heterocycles. The molecule has 0 aliphatic carbocycles. The molecule has 0 amide bonds. The Morgan fingerprint density at radius 3 is 2.86 bits per heavy atom. The molecular weight excluding hydrogens is 178 g/mol. The molecule has 4 N–H and O–H groups in total. The van der Waals surface area contributed by atoms with Gasteiger partial charge >= 0.3 is 0 Å². The van der Waals surface area contributed by atoms with Crippen LogP contribution in [-0.2, 0) is 0 Å². The normalized spacial score (nSPS) is 12.5. The van der Waals surface area contributed by atoms with Gasteiger partial charge in [-0.05, 0) is 25.5 Å². The number of anilines is 1. The van der Waals surface area contributed by atoms with Crippen molar-refractivity contribution in [2.24, 2.45) is 5.73 Å². The summed E-state index contributed by atoms with van der Waals surface area (Å²) in [7, 11) is 0. The zero-order valence-electron chi connectivity index (χ0n) is 8.45. The molecule has 1 rings (SSSR count). The van der Waals surface area contributed by atoms with Crippen molar-refractivity contribution < 1.29 is 4.79 Å². The second kappa shape index (κ2) is 4.19. The summed E-state index contributed by atoms with van der Waals surface area (Å²) >= 11 is 0. The van der Waals surface area contributed by atoms with Crippen molar-refractivity contribution in [3.63, 3.8) is 0 Å². The van der Waals surface area contributed by atoms with Gasteiger partial charge in [0, 0.05) is 18.7 Å². The number of carbonyl (C=O) groups excluding carboxylic acids is 1. The number of aromatic nitrogens is 1. The van der Waals surface area contributed by atoms with Crippen LogP contribution in [0.5, 0.6) is 0 Å². The van der Waals surface area contributed by atoms with Gasteiger partial charge in [-0.15, -0.1) is 0 Å². The number of ketones is 1. The van der Waals surface area contributed by atoms with E-state index in [-0.39, 0.29) is 17.6 Å². The van der Waals surface area contributed by atoms with Crippen LogP contribution in [0.2, 0.25) is 0 Å². The van der Waals surface area contributed by atoms with Crippen LogP contribution in [-0.4, -0.2) is 16.8 Å². The molecule has 0 aromatic carbocycles. The molecule has 76 valence electrons. The monoisotopic (exact) mass is 193 g/mol. The summed E-state index contributed by atoms with van der Waals surface area (Å²) in [5.74, 6) is 0.231. The maximum absolute atomic E-state index is 11.6. The van der Waals surface area contributed by atoms with E-state index in [0.29, 0.717) is 12.0 Å². The minimum absolute atomic E-state index is 0.0475. The molecule has 4 heteroatoms. The smallest absolute Gasteiger partial charge is 0.168 e. The van der Waals surface area contributed by atoms with Crippen LogP contribution in [0.15, 0.2) is 12.3 Å². The Bertz CT molecular complexity index is 347. The number of hydrogen-bond acceptors (Lipinski definition) is 4. The predicted molar refractivity (Wildman–Crippen MR) is 56.0 cm³/mol. The number of hydrogen-bond donors (Lipinski definition) is 2. The quantitative estimate of drug-likeness (QED) is 0.698. The molecule has 4 nitrogen and oxygen atoms in total. The van der Waals surface area contributed by atoms with Crippen LogP contribution < -0.4 is 11.5 Å². The average Bonchev–Trinajstić information content (AvgIpc) is 2.08. The summed E-state index contributed by atoms with van der Waals surface area (Å²) in [5, 5.41) is 0. The zero-order valence-corrected chi connectivity index (χ0v) is 8.45. The Morgan fingerprint density at radius 2 is 2.29 bits per heavy atom. The number of nitrogens with two attached hydrogens (primary N) is 2. The molecule has 0 spiro atoms. The second-order valence-electron chi connectivity index (χ2n) is 3.55. The number of nitrogen functional groups attached to an aromatic ring is 1. The molecule has 1 heterocycles. The molecular formula is C10H15N3O. The van der Waals surface area contributed by atoms with Crippen molar-refractivity contribution in [3.8, 4) is 0 Å². The third kappa shape index (κ3) is 2.53. The summed E-state index contributed by atoms with van der Waals surface area (Å²) in [6, 6.07) is 1.59. The summed E-state index contributed by atoms with van der Waals surface area (Å²) in [4.78, 5) is 15.6. The second-order valence-corrected chi connectivity index (χ2v) is 3.55. The maximum Gasteiger partial charge on any atom is 0.168 e. The number of Topliss-reactive ketones (excluding diaryl/α,β-unsaturated/α-hetero) is 1. The summed E-state index contributed by atoms with van der Waals surface area (Å²) < 4.78 is 0. The first-order chi connectivity index (χ1) is 6.50. The lowest BCUT2D eigenvalue weighted by Gasteiger charge is -2.06. The SMILES string of the molecule is Cc1cnc(N)c(C(=O)CC(C)N)c1. The van der Waals surface area contributed by atoms with Gasteiger partial charge in [0.05, 0.1) is 5.56 Å². The van der Waals surface area contributed by atoms with Gasteiger partial charge in [-0.2, -0.15) is 0 Å². The topological polar surface area (TPSA) is 82.0 Å². The Morgan fingerprint density at radius 1 is 1.64 bits per heavy atom. The summed E-state index contributed by atoms with van der Waals surface area (Å²) in [5.41, 5.74) is 12.5. The minimum atomic E-state index is -0.151. The number of carbonyl (C=O) groups is 1. The highest BCUT2D eigenvalue weighted by Crippen LogP contribution is 2.13. The third-order valence-electron chi connectivity index (χ3n) is 1.86. The van der Waals surface area contributed by atoms with Gasteiger partial charge in [-0.25, -0.2) is 4.98 Å². The first kappa shape index (κ1) is 10.7. The van der Waals surface area contributed by atoms with E-state index in [4.69, 9.17) is 11.5 Å². The molecule has 0 aliphatic rings. The van der Waals surface area contributed by atoms with Gasteiger partial charge in [-0.1, -0.05) is 0 Å². The number of pyridine rings is 1. The fraction of sp³-hybridized carbons (Fsp3) is 0.400. The molecule has 1 atom stereocenters. The Labute approximate surface area is 83.3 Å². The van der Waals surface area contributed by atoms with E-state index in [0.717, 1.165) is 5.56 Å². The fourth-order valence-electron chi connectivity index (χ4n) is 1.21. The molecule has 1 unspecified atom stereocenters. The Hall–Kier alpha value is -1.42. The predicted octanol–water partition coefficient (Wildman–Crippen LogP) is 0.892. The molecule has 0 bridgehead atoms. The molecule has 14 heavy (non-hydrogen) atoms. The van der Waals surface area contributed by atoms with Gasteiger partial charge in [0.1, 0.15) is 5.82 Å². The van der Waals surface area contributed by atoms with Crippen LogP contribution in [0.1, 0.15) is 29.3 Å². The van der Waals surface area contributed by atoms with Crippen molar-refractivity contribution in [2.75, 3.05) is 5.73 Å². The van der Waals surface area contributed by atoms with Gasteiger partial charge in [0.25, 0.3) is 0 Å². The maximum atomic E-state index is 11.6. The Balaban J connectivity index is 2.94. The molecule has 0 radical (unpaired) electrons. The number of rotatable bonds is 3. The molecule has 0 saturated carbocycles. The van der Waals surface area contributed by atoms with Gasteiger partial charge < -0.3 is 11.5 Å². The first-order valence-corrected chi connectivity index (χ1v) is 4.51. The summed E-state index contributed by atoms with van der Waals surface area (Å²) in [6.07, 6.45) is 1.94. The van der Waals surface area contributed by atoms with E-state index in [1.807, 2.05) is 6.92 Å². The highest BCUT2D eigenvalue weighted by Gasteiger charge is 2.12. The highest BCUT2D eigenvalue weighted by atomic mass is 16.1. The number of aryl methyl sites for hydroxylation is 1. The van der Waals surface area contributed by atoms with Crippen LogP contribution >= 0.6 is 0 Å². The fourth-order valence-corrected chi connectivity index (χ4v) is 1.21. The zero-order chi connectivity index (χ0) is 10.7. The van der Waals surface area contributed by atoms with E-state index < -0.39 is 0 Å². The molecule has 0 aliphatic heterocycles. The van der Waals surface area contributed by atoms with E-state index in [1.54, 1.807) is 19.2 Å². The average molecular weight is 193 g/mol. The van der Waals surface area contributed by atoms with Gasteiger partial charge in [0.2, 0.25) is 0 Å². The van der Waals surface area contributed by atoms with Crippen molar-refractivity contribution in [1.29, 1.82) is 0 Å². The van der Waals surface area contributed by atoms with Crippen LogP contribution in [0.3, 0.4) is 0 Å². The third-order valence-corrected chi connectivity index (χ3v) is 1.86.